The van der Waals surface area contributed by atoms with E-state index in [2.05, 4.69) is 5.32 Å². The Hall–Kier alpha value is -3.03. The molecule has 3 aromatic carbocycles. The third kappa shape index (κ3) is 4.52. The van der Waals surface area contributed by atoms with Gasteiger partial charge in [-0.25, -0.2) is 8.42 Å². The summed E-state index contributed by atoms with van der Waals surface area (Å²) in [5, 5.41) is 3.31. The van der Waals surface area contributed by atoms with Gasteiger partial charge in [-0.1, -0.05) is 29.8 Å². The van der Waals surface area contributed by atoms with Gasteiger partial charge in [0.1, 0.15) is 5.75 Å². The van der Waals surface area contributed by atoms with Crippen LogP contribution < -0.4 is 14.4 Å². The minimum Gasteiger partial charge on any atom is -0.455 e. The predicted octanol–water partition coefficient (Wildman–Crippen LogP) is 5.10. The molecule has 0 bridgehead atoms. The molecule has 0 saturated heterocycles. The number of nitrogens with one attached hydrogen (secondary N) is 1. The summed E-state index contributed by atoms with van der Waals surface area (Å²) in [7, 11) is -3.39. The summed E-state index contributed by atoms with van der Waals surface area (Å²) in [6.45, 7) is 1.85. The quantitative estimate of drug-likeness (QED) is 0.579. The number of fused-ring (bicyclic) bond motifs is 1. The fraction of sp³-hybridized carbons (Fsp3) is 0.174. The van der Waals surface area contributed by atoms with Crippen molar-refractivity contribution in [1.29, 1.82) is 0 Å². The number of amides is 1. The molecular formula is C23H21ClN2O4S. The van der Waals surface area contributed by atoms with Crippen LogP contribution in [-0.2, 0) is 16.4 Å². The maximum Gasteiger partial charge on any atom is 0.255 e. The third-order valence-corrected chi connectivity index (χ3v) is 6.52. The highest BCUT2D eigenvalue weighted by atomic mass is 35.5. The van der Waals surface area contributed by atoms with E-state index in [0.717, 1.165) is 5.56 Å². The Labute approximate surface area is 186 Å². The monoisotopic (exact) mass is 456 g/mol. The summed E-state index contributed by atoms with van der Waals surface area (Å²) < 4.78 is 31.5. The molecule has 0 fully saturated rings. The highest BCUT2D eigenvalue weighted by Gasteiger charge is 2.32. The van der Waals surface area contributed by atoms with Crippen LogP contribution in [0.5, 0.6) is 11.5 Å². The van der Waals surface area contributed by atoms with Gasteiger partial charge in [-0.3, -0.25) is 9.10 Å². The van der Waals surface area contributed by atoms with Crippen LogP contribution in [0.4, 0.5) is 11.4 Å². The minimum absolute atomic E-state index is 0.192. The first-order valence-electron chi connectivity index (χ1n) is 9.68. The van der Waals surface area contributed by atoms with E-state index in [1.807, 2.05) is 37.3 Å². The van der Waals surface area contributed by atoms with Gasteiger partial charge < -0.3 is 10.1 Å². The van der Waals surface area contributed by atoms with Crippen LogP contribution in [0, 0.1) is 0 Å². The smallest absolute Gasteiger partial charge is 0.255 e. The van der Waals surface area contributed by atoms with Gasteiger partial charge in [0.15, 0.2) is 5.75 Å². The Balaban J connectivity index is 1.60. The van der Waals surface area contributed by atoms with Crippen LogP contribution in [-0.4, -0.2) is 26.6 Å². The normalized spacial score (nSPS) is 15.5. The molecular weight excluding hydrogens is 436 g/mol. The van der Waals surface area contributed by atoms with Crippen molar-refractivity contribution in [2.24, 2.45) is 0 Å². The van der Waals surface area contributed by atoms with Crippen molar-refractivity contribution in [3.63, 3.8) is 0 Å². The second kappa shape index (κ2) is 8.24. The molecule has 1 aliphatic rings. The molecule has 4 rings (SSSR count). The number of benzene rings is 3. The summed E-state index contributed by atoms with van der Waals surface area (Å²) in [5.74, 6) is 0.753. The van der Waals surface area contributed by atoms with Gasteiger partial charge in [-0.05, 0) is 67.4 Å². The Morgan fingerprint density at radius 3 is 2.55 bits per heavy atom. The summed E-state index contributed by atoms with van der Waals surface area (Å²) in [4.78, 5) is 12.9. The van der Waals surface area contributed by atoms with Crippen LogP contribution >= 0.6 is 11.6 Å². The van der Waals surface area contributed by atoms with E-state index >= 15 is 0 Å². The van der Waals surface area contributed by atoms with E-state index in [9.17, 15) is 13.2 Å². The Kier molecular flexibility index (Phi) is 5.64. The number of nitrogens with zero attached hydrogens (tertiary/aromatic N) is 1. The lowest BCUT2D eigenvalue weighted by molar-refractivity contribution is 0.102. The second-order valence-electron chi connectivity index (χ2n) is 7.47. The first-order chi connectivity index (χ1) is 14.7. The Morgan fingerprint density at radius 1 is 1.10 bits per heavy atom. The van der Waals surface area contributed by atoms with Gasteiger partial charge in [0.05, 0.1) is 17.6 Å². The molecule has 6 nitrogen and oxygen atoms in total. The zero-order valence-corrected chi connectivity index (χ0v) is 18.6. The fourth-order valence-corrected chi connectivity index (χ4v) is 5.18. The lowest BCUT2D eigenvalue weighted by Gasteiger charge is -2.22. The van der Waals surface area contributed by atoms with Crippen LogP contribution in [0.1, 0.15) is 22.8 Å². The van der Waals surface area contributed by atoms with Gasteiger partial charge in [0, 0.05) is 16.6 Å². The van der Waals surface area contributed by atoms with E-state index in [0.29, 0.717) is 39.9 Å². The zero-order chi connectivity index (χ0) is 22.2. The number of halogens is 1. The third-order valence-electron chi connectivity index (χ3n) is 5.01. The number of rotatable bonds is 5. The number of para-hydroxylation sites is 1. The zero-order valence-electron chi connectivity index (χ0n) is 17.0. The molecule has 1 aliphatic heterocycles. The second-order valence-corrected chi connectivity index (χ2v) is 9.76. The first kappa shape index (κ1) is 21.2. The SMILES string of the molecule is C[C@@H]1Cc2cc(C(=O)Nc3cc(Cl)ccc3Oc3ccccc3)ccc2N1S(C)(=O)=O. The number of carbonyl (C=O) groups is 1. The van der Waals surface area contributed by atoms with E-state index < -0.39 is 10.0 Å². The average Bonchev–Trinajstić information content (AvgIpc) is 3.06. The molecule has 0 spiro atoms. The summed E-state index contributed by atoms with van der Waals surface area (Å²) in [6.07, 6.45) is 1.73. The van der Waals surface area contributed by atoms with Crippen molar-refractivity contribution in [3.8, 4) is 11.5 Å². The number of hydrogen-bond donors (Lipinski definition) is 1. The van der Waals surface area contributed by atoms with Crippen LogP contribution in [0.15, 0.2) is 66.7 Å². The average molecular weight is 457 g/mol. The Bertz CT molecular complexity index is 1250. The number of sulfonamides is 1. The molecule has 0 unspecified atom stereocenters. The van der Waals surface area contributed by atoms with Crippen molar-refractivity contribution in [1.82, 2.24) is 0 Å². The number of carbonyl (C=O) groups excluding carboxylic acids is 1. The van der Waals surface area contributed by atoms with E-state index in [1.165, 1.54) is 10.6 Å². The summed E-state index contributed by atoms with van der Waals surface area (Å²) >= 11 is 6.13. The van der Waals surface area contributed by atoms with E-state index in [4.69, 9.17) is 16.3 Å². The molecule has 31 heavy (non-hydrogen) atoms. The van der Waals surface area contributed by atoms with Crippen LogP contribution in [0.25, 0.3) is 0 Å². The van der Waals surface area contributed by atoms with Gasteiger partial charge >= 0.3 is 0 Å². The van der Waals surface area contributed by atoms with Gasteiger partial charge in [0.2, 0.25) is 10.0 Å². The predicted molar refractivity (Wildman–Crippen MR) is 123 cm³/mol. The molecule has 160 valence electrons. The van der Waals surface area contributed by atoms with Crippen molar-refractivity contribution in [2.45, 2.75) is 19.4 Å². The van der Waals surface area contributed by atoms with Crippen LogP contribution in [0.3, 0.4) is 0 Å². The highest BCUT2D eigenvalue weighted by molar-refractivity contribution is 7.92. The highest BCUT2D eigenvalue weighted by Crippen LogP contribution is 2.36. The number of ether oxygens (including phenoxy) is 1. The van der Waals surface area contributed by atoms with Gasteiger partial charge in [0.25, 0.3) is 5.91 Å². The molecule has 1 N–H and O–H groups in total. The molecule has 0 aliphatic carbocycles. The lowest BCUT2D eigenvalue weighted by atomic mass is 10.1. The summed E-state index contributed by atoms with van der Waals surface area (Å²) in [6, 6.07) is 19.1. The lowest BCUT2D eigenvalue weighted by Crippen LogP contribution is -2.34. The number of anilines is 2. The topological polar surface area (TPSA) is 75.7 Å². The van der Waals surface area contributed by atoms with Crippen LogP contribution in [0.2, 0.25) is 5.02 Å². The molecule has 8 heteroatoms. The van der Waals surface area contributed by atoms with Crippen molar-refractivity contribution >= 4 is 38.9 Å². The first-order valence-corrected chi connectivity index (χ1v) is 11.9. The molecule has 1 heterocycles. The molecule has 0 saturated carbocycles. The molecule has 3 aromatic rings. The van der Waals surface area contributed by atoms with Crippen molar-refractivity contribution in [2.75, 3.05) is 15.9 Å². The Morgan fingerprint density at radius 2 is 1.84 bits per heavy atom. The maximum absolute atomic E-state index is 12.9. The molecule has 1 atom stereocenters. The van der Waals surface area contributed by atoms with Gasteiger partial charge in [-0.2, -0.15) is 0 Å². The standard InChI is InChI=1S/C23H21ClN2O4S/c1-15-12-17-13-16(8-10-21(17)26(15)31(2,28)29)23(27)25-20-14-18(24)9-11-22(20)30-19-6-4-3-5-7-19/h3-11,13-15H,12H2,1-2H3,(H,25,27)/t15-/m1/s1. The van der Waals surface area contributed by atoms with E-state index in [-0.39, 0.29) is 11.9 Å². The van der Waals surface area contributed by atoms with Crippen molar-refractivity contribution < 1.29 is 17.9 Å². The fourth-order valence-electron chi connectivity index (χ4n) is 3.75. The van der Waals surface area contributed by atoms with Crippen molar-refractivity contribution in [3.05, 3.63) is 82.9 Å². The van der Waals surface area contributed by atoms with Gasteiger partial charge in [-0.15, -0.1) is 0 Å². The molecule has 1 amide bonds. The molecule has 0 radical (unpaired) electrons. The minimum atomic E-state index is -3.39. The van der Waals surface area contributed by atoms with E-state index in [1.54, 1.807) is 36.4 Å². The maximum atomic E-state index is 12.9. The summed E-state index contributed by atoms with van der Waals surface area (Å²) in [5.41, 5.74) is 2.29. The largest absolute Gasteiger partial charge is 0.455 e. The molecule has 0 aromatic heterocycles. The number of hydrogen-bond acceptors (Lipinski definition) is 4.